The number of nitrogens with zero attached hydrogens (tertiary/aromatic N) is 3. The Morgan fingerprint density at radius 2 is 1.52 bits per heavy atom. The highest BCUT2D eigenvalue weighted by molar-refractivity contribution is 5.93. The molecule has 0 spiro atoms. The summed E-state index contributed by atoms with van der Waals surface area (Å²) < 4.78 is 3.71. The summed E-state index contributed by atoms with van der Waals surface area (Å²) in [6.45, 7) is 4.77. The molecule has 0 aromatic carbocycles. The number of amides is 2. The molecule has 0 saturated heterocycles. The van der Waals surface area contributed by atoms with Gasteiger partial charge in [0.05, 0.1) is 0 Å². The van der Waals surface area contributed by atoms with Gasteiger partial charge in [-0.25, -0.2) is 0 Å². The van der Waals surface area contributed by atoms with Crippen LogP contribution in [0.2, 0.25) is 0 Å². The summed E-state index contributed by atoms with van der Waals surface area (Å²) in [5.74, 6) is -0.180. The Bertz CT molecular complexity index is 727. The Hall–Kier alpha value is -2.50. The standard InChI is InChI=1S/C17H24N4O2/c1-12-6-8-14(20(12)4)16(22)18-10-11-19(3)17(23)15-9-7-13(2)21(15)5/h6-9H,10-11H2,1-5H3,(H,18,22). The van der Waals surface area contributed by atoms with Crippen molar-refractivity contribution in [1.29, 1.82) is 0 Å². The monoisotopic (exact) mass is 316 g/mol. The van der Waals surface area contributed by atoms with Crippen LogP contribution in [-0.2, 0) is 14.1 Å². The lowest BCUT2D eigenvalue weighted by Crippen LogP contribution is -2.37. The first kappa shape index (κ1) is 16.9. The average Bonchev–Trinajstić information content (AvgIpc) is 3.02. The number of rotatable bonds is 5. The third kappa shape index (κ3) is 3.47. The van der Waals surface area contributed by atoms with E-state index in [-0.39, 0.29) is 11.8 Å². The quantitative estimate of drug-likeness (QED) is 0.908. The van der Waals surface area contributed by atoms with E-state index in [1.807, 2.05) is 55.3 Å². The fraction of sp³-hybridized carbons (Fsp3) is 0.412. The van der Waals surface area contributed by atoms with Crippen LogP contribution >= 0.6 is 0 Å². The van der Waals surface area contributed by atoms with Gasteiger partial charge in [-0.05, 0) is 38.1 Å². The van der Waals surface area contributed by atoms with Gasteiger partial charge >= 0.3 is 0 Å². The lowest BCUT2D eigenvalue weighted by Gasteiger charge is -2.18. The van der Waals surface area contributed by atoms with Gasteiger partial charge in [-0.2, -0.15) is 0 Å². The predicted molar refractivity (Wildman–Crippen MR) is 89.6 cm³/mol. The van der Waals surface area contributed by atoms with Gasteiger partial charge in [-0.15, -0.1) is 0 Å². The third-order valence-electron chi connectivity index (χ3n) is 4.28. The van der Waals surface area contributed by atoms with Crippen LogP contribution < -0.4 is 5.32 Å². The van der Waals surface area contributed by atoms with Crippen LogP contribution in [0.4, 0.5) is 0 Å². The second-order valence-corrected chi connectivity index (χ2v) is 5.82. The van der Waals surface area contributed by atoms with Gasteiger partial charge in [-0.1, -0.05) is 0 Å². The summed E-state index contributed by atoms with van der Waals surface area (Å²) in [7, 11) is 5.47. The second-order valence-electron chi connectivity index (χ2n) is 5.82. The molecule has 0 aliphatic carbocycles. The molecule has 0 bridgehead atoms. The first-order valence-corrected chi connectivity index (χ1v) is 7.61. The van der Waals surface area contributed by atoms with Gasteiger partial charge in [0, 0.05) is 45.6 Å². The van der Waals surface area contributed by atoms with Gasteiger partial charge < -0.3 is 19.4 Å². The molecule has 0 aliphatic rings. The first-order chi connectivity index (χ1) is 10.8. The minimum atomic E-state index is -0.129. The molecule has 2 aromatic heterocycles. The molecular formula is C17H24N4O2. The summed E-state index contributed by atoms with van der Waals surface area (Å²) in [5, 5.41) is 2.85. The number of aryl methyl sites for hydroxylation is 2. The van der Waals surface area contributed by atoms with Crippen LogP contribution in [0.3, 0.4) is 0 Å². The van der Waals surface area contributed by atoms with E-state index < -0.39 is 0 Å². The van der Waals surface area contributed by atoms with Crippen molar-refractivity contribution >= 4 is 11.8 Å². The minimum Gasteiger partial charge on any atom is -0.349 e. The Kier molecular flexibility index (Phi) is 4.93. The zero-order chi connectivity index (χ0) is 17.1. The molecule has 0 aliphatic heterocycles. The Balaban J connectivity index is 1.88. The highest BCUT2D eigenvalue weighted by Gasteiger charge is 2.16. The highest BCUT2D eigenvalue weighted by Crippen LogP contribution is 2.08. The summed E-state index contributed by atoms with van der Waals surface area (Å²) >= 11 is 0. The molecule has 0 saturated carbocycles. The molecule has 6 nitrogen and oxygen atoms in total. The fourth-order valence-electron chi connectivity index (χ4n) is 2.39. The summed E-state index contributed by atoms with van der Waals surface area (Å²) in [6.07, 6.45) is 0. The van der Waals surface area contributed by atoms with Gasteiger partial charge in [0.2, 0.25) is 0 Å². The molecule has 0 unspecified atom stereocenters. The van der Waals surface area contributed by atoms with Crippen molar-refractivity contribution in [2.24, 2.45) is 14.1 Å². The van der Waals surface area contributed by atoms with Crippen LogP contribution in [-0.4, -0.2) is 46.0 Å². The lowest BCUT2D eigenvalue weighted by atomic mass is 10.3. The predicted octanol–water partition coefficient (Wildman–Crippen LogP) is 1.48. The zero-order valence-corrected chi connectivity index (χ0v) is 14.4. The maximum Gasteiger partial charge on any atom is 0.270 e. The van der Waals surface area contributed by atoms with Crippen molar-refractivity contribution in [2.75, 3.05) is 20.1 Å². The molecule has 2 aromatic rings. The Morgan fingerprint density at radius 3 is 2.00 bits per heavy atom. The van der Waals surface area contributed by atoms with E-state index >= 15 is 0 Å². The summed E-state index contributed by atoms with van der Waals surface area (Å²) in [6, 6.07) is 7.44. The normalized spacial score (nSPS) is 10.7. The van der Waals surface area contributed by atoms with E-state index in [0.717, 1.165) is 11.4 Å². The van der Waals surface area contributed by atoms with Gasteiger partial charge in [-0.3, -0.25) is 9.59 Å². The number of hydrogen-bond donors (Lipinski definition) is 1. The maximum absolute atomic E-state index is 12.4. The van der Waals surface area contributed by atoms with Gasteiger partial charge in [0.1, 0.15) is 11.4 Å². The van der Waals surface area contributed by atoms with E-state index in [4.69, 9.17) is 0 Å². The molecule has 6 heteroatoms. The number of nitrogens with one attached hydrogen (secondary N) is 1. The molecular weight excluding hydrogens is 292 g/mol. The lowest BCUT2D eigenvalue weighted by molar-refractivity contribution is 0.0777. The van der Waals surface area contributed by atoms with Crippen molar-refractivity contribution < 1.29 is 9.59 Å². The number of hydrogen-bond acceptors (Lipinski definition) is 2. The summed E-state index contributed by atoms with van der Waals surface area (Å²) in [5.41, 5.74) is 3.33. The van der Waals surface area contributed by atoms with Crippen LogP contribution in [0.5, 0.6) is 0 Å². The van der Waals surface area contributed by atoms with Crippen molar-refractivity contribution in [1.82, 2.24) is 19.4 Å². The highest BCUT2D eigenvalue weighted by atomic mass is 16.2. The molecule has 0 fully saturated rings. The molecule has 0 radical (unpaired) electrons. The van der Waals surface area contributed by atoms with Crippen LogP contribution in [0, 0.1) is 13.8 Å². The van der Waals surface area contributed by atoms with E-state index in [1.165, 1.54) is 0 Å². The second kappa shape index (κ2) is 6.73. The zero-order valence-electron chi connectivity index (χ0n) is 14.4. The van der Waals surface area contributed by atoms with Crippen molar-refractivity contribution in [2.45, 2.75) is 13.8 Å². The average molecular weight is 316 g/mol. The van der Waals surface area contributed by atoms with E-state index in [2.05, 4.69) is 5.32 Å². The smallest absolute Gasteiger partial charge is 0.270 e. The van der Waals surface area contributed by atoms with Crippen molar-refractivity contribution in [3.63, 3.8) is 0 Å². The SMILES string of the molecule is Cc1ccc(C(=O)NCCN(C)C(=O)c2ccc(C)n2C)n1C. The van der Waals surface area contributed by atoms with Crippen molar-refractivity contribution in [3.8, 4) is 0 Å². The Morgan fingerprint density at radius 1 is 1.00 bits per heavy atom. The third-order valence-corrected chi connectivity index (χ3v) is 4.28. The number of carbonyl (C=O) groups is 2. The first-order valence-electron chi connectivity index (χ1n) is 7.61. The van der Waals surface area contributed by atoms with Crippen LogP contribution in [0.25, 0.3) is 0 Å². The fourth-order valence-corrected chi connectivity index (χ4v) is 2.39. The molecule has 1 N–H and O–H groups in total. The maximum atomic E-state index is 12.4. The van der Waals surface area contributed by atoms with Crippen LogP contribution in [0.1, 0.15) is 32.4 Å². The Labute approximate surface area is 136 Å². The largest absolute Gasteiger partial charge is 0.349 e. The number of likely N-dealkylation sites (N-methyl/N-ethyl adjacent to an activating group) is 1. The minimum absolute atomic E-state index is 0.0513. The van der Waals surface area contributed by atoms with Crippen molar-refractivity contribution in [3.05, 3.63) is 47.0 Å². The molecule has 2 amide bonds. The van der Waals surface area contributed by atoms with Crippen LogP contribution in [0.15, 0.2) is 24.3 Å². The van der Waals surface area contributed by atoms with E-state index in [1.54, 1.807) is 18.0 Å². The molecule has 23 heavy (non-hydrogen) atoms. The molecule has 2 rings (SSSR count). The molecule has 124 valence electrons. The molecule has 2 heterocycles. The number of carbonyl (C=O) groups excluding carboxylic acids is 2. The van der Waals surface area contributed by atoms with E-state index in [9.17, 15) is 9.59 Å². The topological polar surface area (TPSA) is 59.3 Å². The van der Waals surface area contributed by atoms with E-state index in [0.29, 0.717) is 24.5 Å². The van der Waals surface area contributed by atoms with Gasteiger partial charge in [0.15, 0.2) is 0 Å². The summed E-state index contributed by atoms with van der Waals surface area (Å²) in [4.78, 5) is 26.1. The molecule has 0 atom stereocenters. The van der Waals surface area contributed by atoms with Gasteiger partial charge in [0.25, 0.3) is 11.8 Å². The number of aromatic nitrogens is 2.